The van der Waals surface area contributed by atoms with E-state index >= 15 is 0 Å². The zero-order valence-corrected chi connectivity index (χ0v) is 11.5. The van der Waals surface area contributed by atoms with Gasteiger partial charge in [0, 0.05) is 5.56 Å². The topological polar surface area (TPSA) is 26.3 Å². The van der Waals surface area contributed by atoms with Crippen LogP contribution in [0.25, 0.3) is 6.08 Å². The summed E-state index contributed by atoms with van der Waals surface area (Å²) in [7, 11) is 1.40. The van der Waals surface area contributed by atoms with Gasteiger partial charge >= 0.3 is 0 Å². The van der Waals surface area contributed by atoms with Crippen LogP contribution < -0.4 is 4.74 Å². The standard InChI is InChI=1S/C16H12ClFO2/c1-20-16-9-7-11(10-14(16)18)6-8-15(19)12-4-2-3-5-13(12)17/h2-10H,1H3/b8-6+. The van der Waals surface area contributed by atoms with Gasteiger partial charge in [-0.1, -0.05) is 35.9 Å². The molecule has 0 aromatic heterocycles. The van der Waals surface area contributed by atoms with Crippen molar-refractivity contribution in [2.75, 3.05) is 7.11 Å². The molecule has 0 aliphatic rings. The Kier molecular flexibility index (Phi) is 4.53. The van der Waals surface area contributed by atoms with E-state index in [1.807, 2.05) is 0 Å². The predicted molar refractivity (Wildman–Crippen MR) is 77.8 cm³/mol. The number of halogens is 2. The maximum atomic E-state index is 13.5. The summed E-state index contributed by atoms with van der Waals surface area (Å²) in [5.41, 5.74) is 0.989. The smallest absolute Gasteiger partial charge is 0.187 e. The molecule has 2 aromatic carbocycles. The second kappa shape index (κ2) is 6.35. The van der Waals surface area contributed by atoms with Gasteiger partial charge in [-0.25, -0.2) is 4.39 Å². The lowest BCUT2D eigenvalue weighted by Crippen LogP contribution is -1.95. The molecule has 102 valence electrons. The Hall–Kier alpha value is -2.13. The van der Waals surface area contributed by atoms with E-state index < -0.39 is 5.82 Å². The molecule has 0 radical (unpaired) electrons. The summed E-state index contributed by atoms with van der Waals surface area (Å²) in [4.78, 5) is 12.0. The lowest BCUT2D eigenvalue weighted by molar-refractivity contribution is 0.104. The van der Waals surface area contributed by atoms with Crippen LogP contribution in [0.2, 0.25) is 5.02 Å². The van der Waals surface area contributed by atoms with E-state index in [1.165, 1.54) is 31.4 Å². The van der Waals surface area contributed by atoms with Gasteiger partial charge in [0.1, 0.15) is 0 Å². The minimum atomic E-state index is -0.472. The first kappa shape index (κ1) is 14.3. The van der Waals surface area contributed by atoms with Crippen molar-refractivity contribution in [1.82, 2.24) is 0 Å². The van der Waals surface area contributed by atoms with Crippen molar-refractivity contribution in [2.45, 2.75) is 0 Å². The monoisotopic (exact) mass is 290 g/mol. The maximum Gasteiger partial charge on any atom is 0.187 e. The predicted octanol–water partition coefficient (Wildman–Crippen LogP) is 4.38. The lowest BCUT2D eigenvalue weighted by atomic mass is 10.1. The molecule has 2 aromatic rings. The molecule has 2 rings (SSSR count). The molecule has 0 fully saturated rings. The Morgan fingerprint density at radius 3 is 2.65 bits per heavy atom. The van der Waals surface area contributed by atoms with Gasteiger partial charge in [-0.3, -0.25) is 4.79 Å². The highest BCUT2D eigenvalue weighted by Crippen LogP contribution is 2.19. The third-order valence-electron chi connectivity index (χ3n) is 2.74. The summed E-state index contributed by atoms with van der Waals surface area (Å²) < 4.78 is 18.3. The molecule has 0 heterocycles. The van der Waals surface area contributed by atoms with E-state index in [0.717, 1.165) is 0 Å². The first-order valence-electron chi connectivity index (χ1n) is 5.92. The molecule has 0 aliphatic heterocycles. The number of carbonyl (C=O) groups excluding carboxylic acids is 1. The number of hydrogen-bond donors (Lipinski definition) is 0. The zero-order chi connectivity index (χ0) is 14.5. The molecule has 0 amide bonds. The largest absolute Gasteiger partial charge is 0.494 e. The summed E-state index contributed by atoms with van der Waals surface area (Å²) in [6.45, 7) is 0. The molecule has 0 N–H and O–H groups in total. The van der Waals surface area contributed by atoms with Gasteiger partial charge in [-0.2, -0.15) is 0 Å². The Labute approximate surface area is 121 Å². The number of hydrogen-bond acceptors (Lipinski definition) is 2. The number of benzene rings is 2. The first-order valence-corrected chi connectivity index (χ1v) is 6.30. The van der Waals surface area contributed by atoms with Gasteiger partial charge in [-0.05, 0) is 35.9 Å². The Bertz CT molecular complexity index is 665. The first-order chi connectivity index (χ1) is 9.61. The Balaban J connectivity index is 2.19. The fourth-order valence-corrected chi connectivity index (χ4v) is 1.94. The zero-order valence-electron chi connectivity index (χ0n) is 10.8. The Morgan fingerprint density at radius 1 is 1.25 bits per heavy atom. The fourth-order valence-electron chi connectivity index (χ4n) is 1.71. The molecule has 2 nitrogen and oxygen atoms in total. The van der Waals surface area contributed by atoms with Crippen molar-refractivity contribution in [3.8, 4) is 5.75 Å². The van der Waals surface area contributed by atoms with E-state index in [-0.39, 0.29) is 11.5 Å². The third kappa shape index (κ3) is 3.25. The minimum absolute atomic E-state index is 0.166. The van der Waals surface area contributed by atoms with Crippen LogP contribution in [0, 0.1) is 5.82 Å². The lowest BCUT2D eigenvalue weighted by Gasteiger charge is -2.02. The molecule has 0 saturated heterocycles. The molecule has 0 bridgehead atoms. The number of rotatable bonds is 4. The van der Waals surface area contributed by atoms with Crippen molar-refractivity contribution < 1.29 is 13.9 Å². The van der Waals surface area contributed by atoms with E-state index in [9.17, 15) is 9.18 Å². The summed E-state index contributed by atoms with van der Waals surface area (Å²) in [6, 6.07) is 11.3. The van der Waals surface area contributed by atoms with Crippen LogP contribution in [-0.4, -0.2) is 12.9 Å². The highest BCUT2D eigenvalue weighted by molar-refractivity contribution is 6.34. The third-order valence-corrected chi connectivity index (χ3v) is 3.07. The number of ketones is 1. The van der Waals surface area contributed by atoms with Crippen LogP contribution in [0.5, 0.6) is 5.75 Å². The van der Waals surface area contributed by atoms with Crippen LogP contribution in [-0.2, 0) is 0 Å². The number of methoxy groups -OCH3 is 1. The number of carbonyl (C=O) groups is 1. The van der Waals surface area contributed by atoms with Gasteiger partial charge in [0.05, 0.1) is 12.1 Å². The quantitative estimate of drug-likeness (QED) is 0.617. The van der Waals surface area contributed by atoms with Crippen molar-refractivity contribution in [1.29, 1.82) is 0 Å². The molecule has 0 atom stereocenters. The molecular weight excluding hydrogens is 279 g/mol. The van der Waals surface area contributed by atoms with Crippen LogP contribution in [0.1, 0.15) is 15.9 Å². The number of ether oxygens (including phenoxy) is 1. The summed E-state index contributed by atoms with van der Waals surface area (Å²) in [5, 5.41) is 0.392. The Morgan fingerprint density at radius 2 is 2.00 bits per heavy atom. The normalized spacial score (nSPS) is 10.8. The van der Waals surface area contributed by atoms with Crippen LogP contribution >= 0.6 is 11.6 Å². The molecule has 0 aliphatic carbocycles. The number of allylic oxidation sites excluding steroid dienone is 1. The van der Waals surface area contributed by atoms with Crippen LogP contribution in [0.3, 0.4) is 0 Å². The second-order valence-corrected chi connectivity index (χ2v) is 4.48. The van der Waals surface area contributed by atoms with Gasteiger partial charge in [0.2, 0.25) is 0 Å². The van der Waals surface area contributed by atoms with Crippen LogP contribution in [0.15, 0.2) is 48.5 Å². The average Bonchev–Trinajstić information content (AvgIpc) is 2.45. The van der Waals surface area contributed by atoms with Crippen molar-refractivity contribution >= 4 is 23.5 Å². The SMILES string of the molecule is COc1ccc(/C=C/C(=O)c2ccccc2Cl)cc1F. The van der Waals surface area contributed by atoms with Crippen molar-refractivity contribution in [3.05, 3.63) is 70.5 Å². The molecule has 4 heteroatoms. The molecule has 20 heavy (non-hydrogen) atoms. The summed E-state index contributed by atoms with van der Waals surface area (Å²) in [6.07, 6.45) is 2.90. The minimum Gasteiger partial charge on any atom is -0.494 e. The van der Waals surface area contributed by atoms with Gasteiger partial charge < -0.3 is 4.74 Å². The molecule has 0 spiro atoms. The van der Waals surface area contributed by atoms with E-state index in [4.69, 9.17) is 16.3 Å². The van der Waals surface area contributed by atoms with Gasteiger partial charge in [0.15, 0.2) is 17.3 Å². The van der Waals surface area contributed by atoms with E-state index in [1.54, 1.807) is 30.3 Å². The average molecular weight is 291 g/mol. The van der Waals surface area contributed by atoms with Crippen LogP contribution in [0.4, 0.5) is 4.39 Å². The van der Waals surface area contributed by atoms with Gasteiger partial charge in [0.25, 0.3) is 0 Å². The second-order valence-electron chi connectivity index (χ2n) is 4.07. The van der Waals surface area contributed by atoms with Crippen molar-refractivity contribution in [2.24, 2.45) is 0 Å². The van der Waals surface area contributed by atoms with Gasteiger partial charge in [-0.15, -0.1) is 0 Å². The molecular formula is C16H12ClFO2. The molecule has 0 saturated carbocycles. The summed E-state index contributed by atoms with van der Waals surface area (Å²) in [5.74, 6) is -0.536. The van der Waals surface area contributed by atoms with Crippen molar-refractivity contribution in [3.63, 3.8) is 0 Å². The van der Waals surface area contributed by atoms with E-state index in [0.29, 0.717) is 16.1 Å². The highest BCUT2D eigenvalue weighted by atomic mass is 35.5. The highest BCUT2D eigenvalue weighted by Gasteiger charge is 2.06. The van der Waals surface area contributed by atoms with E-state index in [2.05, 4.69) is 0 Å². The summed E-state index contributed by atoms with van der Waals surface area (Å²) >= 11 is 5.93. The molecule has 0 unspecified atom stereocenters. The maximum absolute atomic E-state index is 13.5. The fraction of sp³-hybridized carbons (Fsp3) is 0.0625.